The highest BCUT2D eigenvalue weighted by Crippen LogP contribution is 2.31. The maximum absolute atomic E-state index is 14.6. The van der Waals surface area contributed by atoms with Crippen LogP contribution in [0.25, 0.3) is 0 Å². The minimum Gasteiger partial charge on any atom is -0.494 e. The van der Waals surface area contributed by atoms with E-state index in [9.17, 15) is 13.9 Å². The SMILES string of the molecule is CCOc1cc(F)c(CNc2ccccc2C(=N)/C(C)=C/C(CC)/C(=C\C(O)C(C)(C)CC)CC)c(F)c1. The highest BCUT2D eigenvalue weighted by Gasteiger charge is 2.25. The molecular weight excluding hydrogens is 482 g/mol. The molecule has 0 bridgehead atoms. The van der Waals surface area contributed by atoms with Gasteiger partial charge in [0.2, 0.25) is 0 Å². The van der Waals surface area contributed by atoms with E-state index in [1.54, 1.807) is 13.0 Å². The first-order valence-corrected chi connectivity index (χ1v) is 13.6. The van der Waals surface area contributed by atoms with E-state index in [-0.39, 0.29) is 29.2 Å². The predicted molar refractivity (Wildman–Crippen MR) is 154 cm³/mol. The van der Waals surface area contributed by atoms with Gasteiger partial charge in [-0.15, -0.1) is 0 Å². The molecule has 2 atom stereocenters. The summed E-state index contributed by atoms with van der Waals surface area (Å²) in [5, 5.41) is 22.8. The number of anilines is 1. The monoisotopic (exact) mass is 526 g/mol. The van der Waals surface area contributed by atoms with E-state index in [0.717, 1.165) is 30.4 Å². The zero-order valence-corrected chi connectivity index (χ0v) is 23.9. The number of hydrogen-bond acceptors (Lipinski definition) is 4. The number of benzene rings is 2. The molecule has 38 heavy (non-hydrogen) atoms. The van der Waals surface area contributed by atoms with Gasteiger partial charge in [-0.2, -0.15) is 0 Å². The highest BCUT2D eigenvalue weighted by atomic mass is 19.1. The standard InChI is InChI=1S/C32H44F2N2O2/c1-8-22(23(9-2)17-30(37)32(6,7)10-3)16-21(5)31(35)25-14-12-13-15-29(25)36-20-26-27(33)18-24(38-11-4)19-28(26)34/h12-19,22,30,35-37H,8-11,20H2,1-7H3/b21-16+,23-17-,35-31?. The van der Waals surface area contributed by atoms with Crippen molar-refractivity contribution in [3.05, 3.63) is 82.5 Å². The number of allylic oxidation sites excluding steroid dienone is 3. The normalized spacial score (nSPS) is 14.3. The van der Waals surface area contributed by atoms with Crippen LogP contribution in [-0.4, -0.2) is 23.5 Å². The van der Waals surface area contributed by atoms with Crippen LogP contribution in [0.15, 0.2) is 59.7 Å². The van der Waals surface area contributed by atoms with Gasteiger partial charge in [0.15, 0.2) is 0 Å². The Labute approximate surface area is 227 Å². The molecule has 0 amide bonds. The van der Waals surface area contributed by atoms with Gasteiger partial charge in [-0.05, 0) is 56.1 Å². The van der Waals surface area contributed by atoms with Crippen LogP contribution in [0.5, 0.6) is 5.75 Å². The second-order valence-corrected chi connectivity index (χ2v) is 10.3. The van der Waals surface area contributed by atoms with Gasteiger partial charge >= 0.3 is 0 Å². The molecule has 0 aliphatic rings. The minimum atomic E-state index is -0.678. The molecule has 0 saturated heterocycles. The van der Waals surface area contributed by atoms with E-state index in [4.69, 9.17) is 10.1 Å². The summed E-state index contributed by atoms with van der Waals surface area (Å²) >= 11 is 0. The lowest BCUT2D eigenvalue weighted by Crippen LogP contribution is -2.27. The van der Waals surface area contributed by atoms with Crippen LogP contribution in [0.2, 0.25) is 0 Å². The number of rotatable bonds is 14. The summed E-state index contributed by atoms with van der Waals surface area (Å²) in [6, 6.07) is 9.68. The fourth-order valence-electron chi connectivity index (χ4n) is 4.26. The minimum absolute atomic E-state index is 0.0669. The molecular formula is C32H44F2N2O2. The second-order valence-electron chi connectivity index (χ2n) is 10.3. The number of halogens is 2. The average Bonchev–Trinajstić information content (AvgIpc) is 2.89. The van der Waals surface area contributed by atoms with Crippen LogP contribution in [0.3, 0.4) is 0 Å². The number of hydrogen-bond donors (Lipinski definition) is 3. The van der Waals surface area contributed by atoms with Crippen LogP contribution in [0, 0.1) is 28.4 Å². The molecule has 0 heterocycles. The lowest BCUT2D eigenvalue weighted by molar-refractivity contribution is 0.0864. The van der Waals surface area contributed by atoms with Crippen molar-refractivity contribution >= 4 is 11.4 Å². The summed E-state index contributed by atoms with van der Waals surface area (Å²) in [4.78, 5) is 0. The van der Waals surface area contributed by atoms with E-state index in [2.05, 4.69) is 46.0 Å². The fourth-order valence-corrected chi connectivity index (χ4v) is 4.26. The van der Waals surface area contributed by atoms with Gasteiger partial charge in [-0.1, -0.05) is 70.5 Å². The van der Waals surface area contributed by atoms with E-state index in [0.29, 0.717) is 23.6 Å². The van der Waals surface area contributed by atoms with Crippen LogP contribution >= 0.6 is 0 Å². The van der Waals surface area contributed by atoms with E-state index < -0.39 is 17.7 Å². The molecule has 2 aromatic rings. The Morgan fingerprint density at radius 1 is 1.08 bits per heavy atom. The van der Waals surface area contributed by atoms with Crippen molar-refractivity contribution in [1.82, 2.24) is 0 Å². The molecule has 0 aromatic heterocycles. The lowest BCUT2D eigenvalue weighted by Gasteiger charge is -2.28. The lowest BCUT2D eigenvalue weighted by atomic mass is 9.81. The number of aliphatic hydroxyl groups is 1. The van der Waals surface area contributed by atoms with Crippen molar-refractivity contribution < 1.29 is 18.6 Å². The number of para-hydroxylation sites is 1. The summed E-state index contributed by atoms with van der Waals surface area (Å²) < 4.78 is 34.4. The molecule has 0 aliphatic carbocycles. The summed E-state index contributed by atoms with van der Waals surface area (Å²) in [6.07, 6.45) is 6.06. The van der Waals surface area contributed by atoms with Crippen molar-refractivity contribution in [2.75, 3.05) is 11.9 Å². The van der Waals surface area contributed by atoms with E-state index in [1.807, 2.05) is 31.2 Å². The molecule has 2 unspecified atom stereocenters. The third-order valence-electron chi connectivity index (χ3n) is 7.33. The van der Waals surface area contributed by atoms with Crippen molar-refractivity contribution in [2.24, 2.45) is 11.3 Å². The van der Waals surface area contributed by atoms with Gasteiger partial charge < -0.3 is 15.2 Å². The first-order chi connectivity index (χ1) is 18.0. The maximum atomic E-state index is 14.6. The molecule has 2 rings (SSSR count). The van der Waals surface area contributed by atoms with Gasteiger partial charge in [-0.25, -0.2) is 8.78 Å². The Bertz CT molecular complexity index is 1130. The molecule has 2 aromatic carbocycles. The molecule has 0 saturated carbocycles. The molecule has 6 heteroatoms. The molecule has 208 valence electrons. The highest BCUT2D eigenvalue weighted by molar-refractivity contribution is 6.13. The topological polar surface area (TPSA) is 65.3 Å². The predicted octanol–water partition coefficient (Wildman–Crippen LogP) is 8.45. The van der Waals surface area contributed by atoms with Gasteiger partial charge in [0.05, 0.1) is 18.4 Å². The van der Waals surface area contributed by atoms with Crippen molar-refractivity contribution in [3.8, 4) is 5.75 Å². The largest absolute Gasteiger partial charge is 0.494 e. The van der Waals surface area contributed by atoms with Crippen LogP contribution in [-0.2, 0) is 6.54 Å². The van der Waals surface area contributed by atoms with Gasteiger partial charge in [0, 0.05) is 35.5 Å². The van der Waals surface area contributed by atoms with Gasteiger partial charge in [-0.3, -0.25) is 5.41 Å². The van der Waals surface area contributed by atoms with E-state index >= 15 is 0 Å². The Morgan fingerprint density at radius 2 is 1.71 bits per heavy atom. The van der Waals surface area contributed by atoms with Crippen molar-refractivity contribution in [2.45, 2.75) is 80.4 Å². The molecule has 4 nitrogen and oxygen atoms in total. The number of ether oxygens (including phenoxy) is 1. The molecule has 0 fully saturated rings. The third kappa shape index (κ3) is 8.00. The summed E-state index contributed by atoms with van der Waals surface area (Å²) in [5.41, 5.74) is 3.27. The van der Waals surface area contributed by atoms with Gasteiger partial charge in [0.1, 0.15) is 17.4 Å². The van der Waals surface area contributed by atoms with Crippen molar-refractivity contribution in [3.63, 3.8) is 0 Å². The first kappa shape index (κ1) is 31.2. The molecule has 0 aliphatic heterocycles. The third-order valence-corrected chi connectivity index (χ3v) is 7.33. The summed E-state index contributed by atoms with van der Waals surface area (Å²) in [6.45, 7) is 14.3. The Hall–Kier alpha value is -2.99. The van der Waals surface area contributed by atoms with Crippen LogP contribution in [0.1, 0.15) is 78.9 Å². The molecule has 3 N–H and O–H groups in total. The molecule has 0 radical (unpaired) electrons. The fraction of sp³-hybridized carbons (Fsp3) is 0.469. The summed E-state index contributed by atoms with van der Waals surface area (Å²) in [5.74, 6) is -1.11. The Balaban J connectivity index is 2.29. The average molecular weight is 527 g/mol. The van der Waals surface area contributed by atoms with Gasteiger partial charge in [0.25, 0.3) is 0 Å². The van der Waals surface area contributed by atoms with Crippen LogP contribution in [0.4, 0.5) is 14.5 Å². The quantitative estimate of drug-likeness (QED) is 0.171. The Morgan fingerprint density at radius 3 is 2.26 bits per heavy atom. The first-order valence-electron chi connectivity index (χ1n) is 13.6. The summed E-state index contributed by atoms with van der Waals surface area (Å²) in [7, 11) is 0. The zero-order chi connectivity index (χ0) is 28.5. The maximum Gasteiger partial charge on any atom is 0.134 e. The number of aliphatic hydroxyl groups excluding tert-OH is 1. The number of nitrogens with one attached hydrogen (secondary N) is 2. The molecule has 0 spiro atoms. The van der Waals surface area contributed by atoms with Crippen molar-refractivity contribution in [1.29, 1.82) is 5.41 Å². The zero-order valence-electron chi connectivity index (χ0n) is 23.9. The Kier molecular flexibility index (Phi) is 11.7. The van der Waals surface area contributed by atoms with E-state index in [1.165, 1.54) is 12.1 Å². The second kappa shape index (κ2) is 14.2. The van der Waals surface area contributed by atoms with Crippen LogP contribution < -0.4 is 10.1 Å². The smallest absolute Gasteiger partial charge is 0.134 e.